The van der Waals surface area contributed by atoms with Crippen LogP contribution in [-0.2, 0) is 4.79 Å². The maximum atomic E-state index is 13.5. The number of carbonyl (C=O) groups is 1. The summed E-state index contributed by atoms with van der Waals surface area (Å²) in [6, 6.07) is 4.43. The van der Waals surface area contributed by atoms with Crippen molar-refractivity contribution < 1.29 is 13.9 Å². The number of ether oxygens (including phenoxy) is 1. The van der Waals surface area contributed by atoms with Crippen LogP contribution in [-0.4, -0.2) is 24.6 Å². The lowest BCUT2D eigenvalue weighted by molar-refractivity contribution is -0.122. The molecule has 1 aromatic carbocycles. The molecule has 0 saturated carbocycles. The molecular formula is C19H28ClFN2O2. The van der Waals surface area contributed by atoms with Gasteiger partial charge in [0.2, 0.25) is 5.91 Å². The maximum absolute atomic E-state index is 13.5. The van der Waals surface area contributed by atoms with Gasteiger partial charge < -0.3 is 15.4 Å². The van der Waals surface area contributed by atoms with Gasteiger partial charge in [-0.1, -0.05) is 6.07 Å². The molecule has 6 heteroatoms. The zero-order valence-corrected chi connectivity index (χ0v) is 15.8. The van der Waals surface area contributed by atoms with Crippen molar-refractivity contribution in [2.45, 2.75) is 57.6 Å². The number of hydrogen-bond donors (Lipinski definition) is 2. The molecule has 2 N–H and O–H groups in total. The van der Waals surface area contributed by atoms with E-state index in [0.717, 1.165) is 37.9 Å². The SMILES string of the molecule is CC1(C)CC(NC(=O)CCC2CCNCC2)c2ccc(F)cc2O1.Cl. The van der Waals surface area contributed by atoms with Crippen LogP contribution < -0.4 is 15.4 Å². The molecule has 140 valence electrons. The molecule has 0 aromatic heterocycles. The van der Waals surface area contributed by atoms with Crippen molar-refractivity contribution in [2.75, 3.05) is 13.1 Å². The highest BCUT2D eigenvalue weighted by molar-refractivity contribution is 5.85. The first-order chi connectivity index (χ1) is 11.4. The highest BCUT2D eigenvalue weighted by Gasteiger charge is 2.34. The van der Waals surface area contributed by atoms with Crippen molar-refractivity contribution in [3.63, 3.8) is 0 Å². The van der Waals surface area contributed by atoms with E-state index in [9.17, 15) is 9.18 Å². The third kappa shape index (κ3) is 5.32. The van der Waals surface area contributed by atoms with E-state index in [2.05, 4.69) is 10.6 Å². The smallest absolute Gasteiger partial charge is 0.220 e. The van der Waals surface area contributed by atoms with Gasteiger partial charge in [0.25, 0.3) is 0 Å². The second-order valence-electron chi connectivity index (χ2n) is 7.60. The van der Waals surface area contributed by atoms with Gasteiger partial charge in [0.1, 0.15) is 17.2 Å². The predicted octanol–water partition coefficient (Wildman–Crippen LogP) is 3.75. The second kappa shape index (κ2) is 8.37. The first kappa shape index (κ1) is 20.0. The summed E-state index contributed by atoms with van der Waals surface area (Å²) in [6.45, 7) is 6.04. The maximum Gasteiger partial charge on any atom is 0.220 e. The lowest BCUT2D eigenvalue weighted by Crippen LogP contribution is -2.41. The number of amides is 1. The summed E-state index contributed by atoms with van der Waals surface area (Å²) in [7, 11) is 0. The number of benzene rings is 1. The van der Waals surface area contributed by atoms with Crippen molar-refractivity contribution in [1.82, 2.24) is 10.6 Å². The second-order valence-corrected chi connectivity index (χ2v) is 7.60. The Hall–Kier alpha value is -1.33. The molecule has 1 unspecified atom stereocenters. The summed E-state index contributed by atoms with van der Waals surface area (Å²) in [5.41, 5.74) is 0.444. The van der Waals surface area contributed by atoms with Crippen LogP contribution in [0.15, 0.2) is 18.2 Å². The quantitative estimate of drug-likeness (QED) is 0.848. The van der Waals surface area contributed by atoms with Crippen molar-refractivity contribution >= 4 is 18.3 Å². The molecule has 0 aliphatic carbocycles. The Labute approximate surface area is 155 Å². The number of hydrogen-bond acceptors (Lipinski definition) is 3. The van der Waals surface area contributed by atoms with E-state index in [4.69, 9.17) is 4.74 Å². The molecule has 1 atom stereocenters. The average Bonchev–Trinajstić information content (AvgIpc) is 2.52. The molecule has 2 aliphatic rings. The van der Waals surface area contributed by atoms with Gasteiger partial charge >= 0.3 is 0 Å². The number of nitrogens with one attached hydrogen (secondary N) is 2. The zero-order chi connectivity index (χ0) is 17.2. The van der Waals surface area contributed by atoms with Crippen LogP contribution in [0.2, 0.25) is 0 Å². The molecule has 1 saturated heterocycles. The van der Waals surface area contributed by atoms with Crippen LogP contribution in [0.25, 0.3) is 0 Å². The number of piperidine rings is 1. The van der Waals surface area contributed by atoms with Crippen LogP contribution in [0, 0.1) is 11.7 Å². The third-order valence-electron chi connectivity index (χ3n) is 5.01. The van der Waals surface area contributed by atoms with E-state index in [1.54, 1.807) is 6.07 Å². The van der Waals surface area contributed by atoms with Gasteiger partial charge in [-0.2, -0.15) is 0 Å². The highest BCUT2D eigenvalue weighted by atomic mass is 35.5. The summed E-state index contributed by atoms with van der Waals surface area (Å²) in [5, 5.41) is 6.48. The minimum atomic E-state index is -0.423. The fourth-order valence-electron chi connectivity index (χ4n) is 3.73. The Kier molecular flexibility index (Phi) is 6.69. The van der Waals surface area contributed by atoms with Crippen molar-refractivity contribution in [2.24, 2.45) is 5.92 Å². The molecule has 1 aromatic rings. The molecular weight excluding hydrogens is 343 g/mol. The summed E-state index contributed by atoms with van der Waals surface area (Å²) in [4.78, 5) is 12.4. The first-order valence-electron chi connectivity index (χ1n) is 8.91. The van der Waals surface area contributed by atoms with Crippen LogP contribution in [0.1, 0.15) is 57.6 Å². The lowest BCUT2D eigenvalue weighted by atomic mass is 9.89. The summed E-state index contributed by atoms with van der Waals surface area (Å²) >= 11 is 0. The molecule has 2 heterocycles. The van der Waals surface area contributed by atoms with Crippen LogP contribution >= 0.6 is 12.4 Å². The Balaban J connectivity index is 0.00000225. The van der Waals surface area contributed by atoms with Gasteiger partial charge in [-0.25, -0.2) is 4.39 Å². The van der Waals surface area contributed by atoms with E-state index < -0.39 is 5.60 Å². The summed E-state index contributed by atoms with van der Waals surface area (Å²) in [6.07, 6.45) is 4.49. The van der Waals surface area contributed by atoms with Crippen molar-refractivity contribution in [3.8, 4) is 5.75 Å². The predicted molar refractivity (Wildman–Crippen MR) is 98.7 cm³/mol. The molecule has 0 spiro atoms. The number of fused-ring (bicyclic) bond motifs is 1. The molecule has 1 fully saturated rings. The third-order valence-corrected chi connectivity index (χ3v) is 5.01. The monoisotopic (exact) mass is 370 g/mol. The van der Waals surface area contributed by atoms with Crippen LogP contribution in [0.4, 0.5) is 4.39 Å². The molecule has 25 heavy (non-hydrogen) atoms. The first-order valence-corrected chi connectivity index (χ1v) is 8.91. The summed E-state index contributed by atoms with van der Waals surface area (Å²) < 4.78 is 19.4. The Morgan fingerprint density at radius 3 is 2.80 bits per heavy atom. The highest BCUT2D eigenvalue weighted by Crippen LogP contribution is 2.39. The molecule has 0 radical (unpaired) electrons. The van der Waals surface area contributed by atoms with Gasteiger partial charge in [0.15, 0.2) is 0 Å². The fraction of sp³-hybridized carbons (Fsp3) is 0.632. The average molecular weight is 371 g/mol. The zero-order valence-electron chi connectivity index (χ0n) is 14.9. The topological polar surface area (TPSA) is 50.4 Å². The van der Waals surface area contributed by atoms with E-state index in [-0.39, 0.29) is 30.2 Å². The van der Waals surface area contributed by atoms with Gasteiger partial charge in [0, 0.05) is 24.5 Å². The normalized spacial score (nSPS) is 22.3. The number of halogens is 2. The summed E-state index contributed by atoms with van der Waals surface area (Å²) in [5.74, 6) is 0.938. The van der Waals surface area contributed by atoms with Gasteiger partial charge in [-0.3, -0.25) is 4.79 Å². The van der Waals surface area contributed by atoms with Crippen LogP contribution in [0.5, 0.6) is 5.75 Å². The minimum absolute atomic E-state index is 0. The standard InChI is InChI=1S/C19H27FN2O2.ClH/c1-19(2)12-16(15-5-4-14(20)11-17(15)24-19)22-18(23)6-3-13-7-9-21-10-8-13;/h4-5,11,13,16,21H,3,6-10,12H2,1-2H3,(H,22,23);1H. The van der Waals surface area contributed by atoms with Gasteiger partial charge in [-0.05, 0) is 58.2 Å². The van der Waals surface area contributed by atoms with Crippen molar-refractivity contribution in [3.05, 3.63) is 29.6 Å². The Bertz CT molecular complexity index is 603. The molecule has 0 bridgehead atoms. The fourth-order valence-corrected chi connectivity index (χ4v) is 3.73. The number of carbonyl (C=O) groups excluding carboxylic acids is 1. The minimum Gasteiger partial charge on any atom is -0.487 e. The van der Waals surface area contributed by atoms with Crippen LogP contribution in [0.3, 0.4) is 0 Å². The van der Waals surface area contributed by atoms with E-state index in [1.165, 1.54) is 12.1 Å². The largest absolute Gasteiger partial charge is 0.487 e. The Morgan fingerprint density at radius 1 is 1.36 bits per heavy atom. The van der Waals surface area contributed by atoms with E-state index >= 15 is 0 Å². The Morgan fingerprint density at radius 2 is 2.08 bits per heavy atom. The molecule has 4 nitrogen and oxygen atoms in total. The molecule has 3 rings (SSSR count). The lowest BCUT2D eigenvalue weighted by Gasteiger charge is -2.38. The van der Waals surface area contributed by atoms with Crippen molar-refractivity contribution in [1.29, 1.82) is 0 Å². The van der Waals surface area contributed by atoms with Gasteiger partial charge in [0.05, 0.1) is 6.04 Å². The van der Waals surface area contributed by atoms with Gasteiger partial charge in [-0.15, -0.1) is 12.4 Å². The molecule has 1 amide bonds. The van der Waals surface area contributed by atoms with E-state index in [1.807, 2.05) is 13.8 Å². The molecule has 2 aliphatic heterocycles. The number of rotatable bonds is 4. The van der Waals surface area contributed by atoms with E-state index in [0.29, 0.717) is 24.5 Å².